The highest BCUT2D eigenvalue weighted by Gasteiger charge is 2.17. The molecule has 0 unspecified atom stereocenters. The smallest absolute Gasteiger partial charge is 0.235 e. The number of benzene rings is 1. The number of rotatable bonds is 1. The van der Waals surface area contributed by atoms with Gasteiger partial charge in [0.15, 0.2) is 5.76 Å². The lowest BCUT2D eigenvalue weighted by Gasteiger charge is -2.03. The average Bonchev–Trinajstić information content (AvgIpc) is 2.88. The lowest BCUT2D eigenvalue weighted by atomic mass is 10.2. The Hall–Kier alpha value is -2.20. The molecule has 2 aromatic heterocycles. The molecule has 18 heavy (non-hydrogen) atoms. The molecule has 3 aromatic rings. The maximum Gasteiger partial charge on any atom is 0.235 e. The highest BCUT2D eigenvalue weighted by atomic mass is 35.5. The summed E-state index contributed by atoms with van der Waals surface area (Å²) in [6.07, 6.45) is 1.43. The van der Waals surface area contributed by atoms with Gasteiger partial charge in [-0.25, -0.2) is 0 Å². The van der Waals surface area contributed by atoms with Crippen molar-refractivity contribution in [3.63, 3.8) is 0 Å². The van der Waals surface area contributed by atoms with Crippen LogP contribution >= 0.6 is 11.6 Å². The van der Waals surface area contributed by atoms with E-state index in [1.54, 1.807) is 24.3 Å². The zero-order chi connectivity index (χ0) is 12.7. The summed E-state index contributed by atoms with van der Waals surface area (Å²) in [6.45, 7) is 0. The van der Waals surface area contributed by atoms with Gasteiger partial charge in [-0.1, -0.05) is 11.6 Å². The molecule has 0 saturated carbocycles. The van der Waals surface area contributed by atoms with Crippen LogP contribution in [0.3, 0.4) is 0 Å². The second kappa shape index (κ2) is 3.92. The first-order chi connectivity index (χ1) is 8.66. The number of hydrogen-bond acceptors (Lipinski definition) is 4. The van der Waals surface area contributed by atoms with E-state index in [2.05, 4.69) is 0 Å². The number of hydrogen-bond donors (Lipinski definition) is 1. The van der Waals surface area contributed by atoms with E-state index in [1.165, 1.54) is 12.3 Å². The lowest BCUT2D eigenvalue weighted by molar-refractivity contribution is 0.439. The number of fused-ring (bicyclic) bond motifs is 1. The summed E-state index contributed by atoms with van der Waals surface area (Å²) >= 11 is 5.80. The molecule has 0 spiro atoms. The van der Waals surface area contributed by atoms with E-state index in [0.29, 0.717) is 16.4 Å². The van der Waals surface area contributed by atoms with E-state index in [-0.39, 0.29) is 11.1 Å². The van der Waals surface area contributed by atoms with E-state index < -0.39 is 11.2 Å². The van der Waals surface area contributed by atoms with Crippen molar-refractivity contribution in [2.45, 2.75) is 0 Å². The van der Waals surface area contributed by atoms with Crippen molar-refractivity contribution in [3.8, 4) is 17.3 Å². The number of halogens is 1. The quantitative estimate of drug-likeness (QED) is 0.730. The maximum absolute atomic E-state index is 12.0. The fourth-order valence-corrected chi connectivity index (χ4v) is 1.90. The van der Waals surface area contributed by atoms with E-state index in [0.717, 1.165) is 0 Å². The molecule has 1 N–H and O–H groups in total. The molecule has 0 atom stereocenters. The molecule has 1 aromatic carbocycles. The van der Waals surface area contributed by atoms with E-state index >= 15 is 0 Å². The molecule has 0 aliphatic rings. The Bertz CT molecular complexity index is 772. The van der Waals surface area contributed by atoms with Crippen LogP contribution in [0.1, 0.15) is 0 Å². The minimum Gasteiger partial charge on any atom is -0.501 e. The summed E-state index contributed by atoms with van der Waals surface area (Å²) in [5, 5.41) is 10.5. The minimum atomic E-state index is -0.537. The van der Waals surface area contributed by atoms with Crippen LogP contribution in [-0.4, -0.2) is 5.11 Å². The van der Waals surface area contributed by atoms with E-state index in [9.17, 15) is 9.90 Å². The SMILES string of the molecule is O=c1c(O)c(-c2ccco2)oc2ccc(Cl)cc12. The molecule has 0 fully saturated rings. The minimum absolute atomic E-state index is 0.0137. The molecule has 0 bridgehead atoms. The molecule has 2 heterocycles. The fraction of sp³-hybridized carbons (Fsp3) is 0. The van der Waals surface area contributed by atoms with Crippen LogP contribution in [0.15, 0.2) is 50.2 Å². The van der Waals surface area contributed by atoms with Gasteiger partial charge in [0.05, 0.1) is 11.6 Å². The third kappa shape index (κ3) is 1.58. The molecular weight excluding hydrogens is 256 g/mol. The first-order valence-corrected chi connectivity index (χ1v) is 5.54. The Balaban J connectivity index is 2.40. The summed E-state index contributed by atoms with van der Waals surface area (Å²) < 4.78 is 10.6. The highest BCUT2D eigenvalue weighted by Crippen LogP contribution is 2.30. The summed E-state index contributed by atoms with van der Waals surface area (Å²) in [4.78, 5) is 12.0. The van der Waals surface area contributed by atoms with Gasteiger partial charge < -0.3 is 13.9 Å². The summed E-state index contributed by atoms with van der Waals surface area (Å²) in [5.41, 5.74) is -0.196. The molecule has 0 radical (unpaired) electrons. The molecule has 5 heteroatoms. The van der Waals surface area contributed by atoms with Gasteiger partial charge in [-0.15, -0.1) is 0 Å². The van der Waals surface area contributed by atoms with Crippen LogP contribution in [-0.2, 0) is 0 Å². The number of aromatic hydroxyl groups is 1. The van der Waals surface area contributed by atoms with Gasteiger partial charge in [-0.05, 0) is 30.3 Å². The van der Waals surface area contributed by atoms with Crippen LogP contribution in [0.5, 0.6) is 5.75 Å². The normalized spacial score (nSPS) is 10.9. The predicted octanol–water partition coefficient (Wildman–Crippen LogP) is 3.41. The second-order valence-electron chi connectivity index (χ2n) is 3.73. The van der Waals surface area contributed by atoms with Gasteiger partial charge >= 0.3 is 0 Å². The van der Waals surface area contributed by atoms with Crippen molar-refractivity contribution in [1.82, 2.24) is 0 Å². The lowest BCUT2D eigenvalue weighted by Crippen LogP contribution is -2.02. The summed E-state index contributed by atoms with van der Waals surface area (Å²) in [6, 6.07) is 7.87. The van der Waals surface area contributed by atoms with E-state index in [4.69, 9.17) is 20.4 Å². The van der Waals surface area contributed by atoms with Gasteiger partial charge in [0.25, 0.3) is 0 Å². The largest absolute Gasteiger partial charge is 0.501 e. The molecular formula is C13H7ClO4. The van der Waals surface area contributed by atoms with Crippen LogP contribution in [0.2, 0.25) is 5.02 Å². The van der Waals surface area contributed by atoms with Crippen molar-refractivity contribution in [3.05, 3.63) is 51.8 Å². The van der Waals surface area contributed by atoms with Gasteiger partial charge in [0.2, 0.25) is 16.9 Å². The van der Waals surface area contributed by atoms with Crippen molar-refractivity contribution >= 4 is 22.6 Å². The van der Waals surface area contributed by atoms with Gasteiger partial charge in [0, 0.05) is 5.02 Å². The van der Waals surface area contributed by atoms with Crippen molar-refractivity contribution < 1.29 is 13.9 Å². The Morgan fingerprint density at radius 1 is 1.22 bits per heavy atom. The maximum atomic E-state index is 12.0. The first kappa shape index (κ1) is 10.9. The molecule has 0 saturated heterocycles. The van der Waals surface area contributed by atoms with Gasteiger partial charge in [-0.2, -0.15) is 0 Å². The predicted molar refractivity (Wildman–Crippen MR) is 66.9 cm³/mol. The van der Waals surface area contributed by atoms with Gasteiger partial charge in [0.1, 0.15) is 5.58 Å². The zero-order valence-corrected chi connectivity index (χ0v) is 9.77. The highest BCUT2D eigenvalue weighted by molar-refractivity contribution is 6.31. The molecule has 90 valence electrons. The molecule has 0 amide bonds. The number of furan rings is 1. The molecule has 3 rings (SSSR count). The van der Waals surface area contributed by atoms with Crippen molar-refractivity contribution in [2.75, 3.05) is 0 Å². The van der Waals surface area contributed by atoms with Gasteiger partial charge in [-0.3, -0.25) is 4.79 Å². The third-order valence-corrected chi connectivity index (χ3v) is 2.81. The Morgan fingerprint density at radius 3 is 2.78 bits per heavy atom. The third-order valence-electron chi connectivity index (χ3n) is 2.57. The Kier molecular flexibility index (Phi) is 2.38. The first-order valence-electron chi connectivity index (χ1n) is 5.16. The Labute approximate surface area is 106 Å². The topological polar surface area (TPSA) is 63.6 Å². The molecule has 0 aliphatic heterocycles. The van der Waals surface area contributed by atoms with Crippen molar-refractivity contribution in [1.29, 1.82) is 0 Å². The standard InChI is InChI=1S/C13H7ClO4/c14-7-3-4-9-8(6-7)11(15)12(16)13(18-9)10-2-1-5-17-10/h1-6,16H. The average molecular weight is 263 g/mol. The second-order valence-corrected chi connectivity index (χ2v) is 4.16. The molecule has 4 nitrogen and oxygen atoms in total. The fourth-order valence-electron chi connectivity index (χ4n) is 1.73. The monoisotopic (exact) mass is 262 g/mol. The van der Waals surface area contributed by atoms with Crippen LogP contribution in [0.25, 0.3) is 22.5 Å². The van der Waals surface area contributed by atoms with E-state index in [1.807, 2.05) is 0 Å². The summed E-state index contributed by atoms with van der Waals surface area (Å²) in [7, 11) is 0. The van der Waals surface area contributed by atoms with Crippen LogP contribution in [0, 0.1) is 0 Å². The molecule has 0 aliphatic carbocycles. The van der Waals surface area contributed by atoms with Crippen molar-refractivity contribution in [2.24, 2.45) is 0 Å². The van der Waals surface area contributed by atoms with Crippen LogP contribution < -0.4 is 5.43 Å². The van der Waals surface area contributed by atoms with Crippen LogP contribution in [0.4, 0.5) is 0 Å². The zero-order valence-electron chi connectivity index (χ0n) is 9.01. The summed E-state index contributed by atoms with van der Waals surface area (Å²) in [5.74, 6) is -0.180. The Morgan fingerprint density at radius 2 is 2.06 bits per heavy atom.